The zero-order valence-corrected chi connectivity index (χ0v) is 8.37. The molecule has 0 fully saturated rings. The topological polar surface area (TPSA) is 9.23 Å². The van der Waals surface area contributed by atoms with E-state index < -0.39 is 11.6 Å². The van der Waals surface area contributed by atoms with Gasteiger partial charge in [0.1, 0.15) is 0 Å². The van der Waals surface area contributed by atoms with Crippen molar-refractivity contribution >= 4 is 11.6 Å². The second kappa shape index (κ2) is 3.39. The van der Waals surface area contributed by atoms with Gasteiger partial charge in [0.2, 0.25) is 5.82 Å². The van der Waals surface area contributed by atoms with Gasteiger partial charge in [0.25, 0.3) is 0 Å². The number of rotatable bonds is 0. The first kappa shape index (κ1) is 9.71. The summed E-state index contributed by atoms with van der Waals surface area (Å²) >= 11 is 5.52. The lowest BCUT2D eigenvalue weighted by molar-refractivity contribution is 0.180. The third-order valence-electron chi connectivity index (χ3n) is 2.33. The zero-order chi connectivity index (χ0) is 10.3. The molecule has 4 heteroatoms. The van der Waals surface area contributed by atoms with Gasteiger partial charge in [0, 0.05) is 0 Å². The van der Waals surface area contributed by atoms with E-state index in [2.05, 4.69) is 0 Å². The van der Waals surface area contributed by atoms with Crippen LogP contribution >= 0.6 is 11.6 Å². The molecule has 0 amide bonds. The lowest BCUT2D eigenvalue weighted by Crippen LogP contribution is -2.20. The van der Waals surface area contributed by atoms with Gasteiger partial charge in [-0.25, -0.2) is 4.39 Å². The van der Waals surface area contributed by atoms with Gasteiger partial charge in [-0.05, 0) is 31.4 Å². The predicted octanol–water partition coefficient (Wildman–Crippen LogP) is 3.33. The Balaban J connectivity index is 2.55. The fraction of sp³-hybridized carbons (Fsp3) is 0.400. The molecular formula is C10H9ClF2O. The average molecular weight is 219 g/mol. The van der Waals surface area contributed by atoms with Crippen LogP contribution in [0.15, 0.2) is 6.07 Å². The number of benzene rings is 1. The van der Waals surface area contributed by atoms with Gasteiger partial charge in [-0.2, -0.15) is 4.39 Å². The maximum absolute atomic E-state index is 13.3. The molecule has 0 radical (unpaired) electrons. The van der Waals surface area contributed by atoms with Crippen molar-refractivity contribution in [2.75, 3.05) is 0 Å². The van der Waals surface area contributed by atoms with Gasteiger partial charge in [0.15, 0.2) is 11.6 Å². The van der Waals surface area contributed by atoms with Crippen molar-refractivity contribution < 1.29 is 13.5 Å². The van der Waals surface area contributed by atoms with Crippen LogP contribution in [-0.4, -0.2) is 6.10 Å². The Morgan fingerprint density at radius 2 is 2.14 bits per heavy atom. The van der Waals surface area contributed by atoms with E-state index in [1.54, 1.807) is 0 Å². The van der Waals surface area contributed by atoms with E-state index in [-0.39, 0.29) is 16.9 Å². The van der Waals surface area contributed by atoms with Gasteiger partial charge >= 0.3 is 0 Å². The highest BCUT2D eigenvalue weighted by Crippen LogP contribution is 2.35. The molecule has 0 saturated heterocycles. The highest BCUT2D eigenvalue weighted by Gasteiger charge is 2.24. The average Bonchev–Trinajstić information content (AvgIpc) is 2.16. The standard InChI is InChI=1S/C10H9ClF2O/c1-5-2-3-6-4-7(11)8(12)9(13)10(6)14-5/h4-5H,2-3H2,1H3. The van der Waals surface area contributed by atoms with Crippen LogP contribution in [0.4, 0.5) is 8.78 Å². The number of hydrogen-bond acceptors (Lipinski definition) is 1. The summed E-state index contributed by atoms with van der Waals surface area (Å²) in [7, 11) is 0. The highest BCUT2D eigenvalue weighted by molar-refractivity contribution is 6.30. The first-order valence-electron chi connectivity index (χ1n) is 4.42. The third kappa shape index (κ3) is 1.46. The van der Waals surface area contributed by atoms with Crippen molar-refractivity contribution in [3.8, 4) is 5.75 Å². The van der Waals surface area contributed by atoms with E-state index in [0.29, 0.717) is 12.0 Å². The van der Waals surface area contributed by atoms with Crippen molar-refractivity contribution in [3.05, 3.63) is 28.3 Å². The van der Waals surface area contributed by atoms with Crippen LogP contribution in [-0.2, 0) is 6.42 Å². The molecule has 2 rings (SSSR count). The Labute approximate surface area is 85.6 Å². The van der Waals surface area contributed by atoms with Gasteiger partial charge < -0.3 is 4.74 Å². The summed E-state index contributed by atoms with van der Waals surface area (Å²) < 4.78 is 31.6. The van der Waals surface area contributed by atoms with Crippen LogP contribution in [0.25, 0.3) is 0 Å². The van der Waals surface area contributed by atoms with Gasteiger partial charge in [0.05, 0.1) is 11.1 Å². The maximum Gasteiger partial charge on any atom is 0.202 e. The van der Waals surface area contributed by atoms with Crippen molar-refractivity contribution in [3.63, 3.8) is 0 Å². The van der Waals surface area contributed by atoms with Crippen molar-refractivity contribution in [2.24, 2.45) is 0 Å². The molecule has 76 valence electrons. The molecule has 1 atom stereocenters. The highest BCUT2D eigenvalue weighted by atomic mass is 35.5. The Morgan fingerprint density at radius 1 is 1.43 bits per heavy atom. The summed E-state index contributed by atoms with van der Waals surface area (Å²) in [6.45, 7) is 1.83. The van der Waals surface area contributed by atoms with E-state index in [9.17, 15) is 8.78 Å². The first-order chi connectivity index (χ1) is 6.59. The minimum absolute atomic E-state index is 0.0191. The lowest BCUT2D eigenvalue weighted by Gasteiger charge is -2.23. The fourth-order valence-corrected chi connectivity index (χ4v) is 1.77. The van der Waals surface area contributed by atoms with Crippen molar-refractivity contribution in [1.29, 1.82) is 0 Å². The van der Waals surface area contributed by atoms with Crippen molar-refractivity contribution in [1.82, 2.24) is 0 Å². The van der Waals surface area contributed by atoms with E-state index >= 15 is 0 Å². The molecule has 0 bridgehead atoms. The van der Waals surface area contributed by atoms with Crippen LogP contribution in [0, 0.1) is 11.6 Å². The summed E-state index contributed by atoms with van der Waals surface area (Å²) in [5, 5.41) is -0.181. The minimum atomic E-state index is -1.03. The zero-order valence-electron chi connectivity index (χ0n) is 7.61. The molecule has 1 aromatic rings. The molecule has 1 aliphatic rings. The monoisotopic (exact) mass is 218 g/mol. The molecule has 1 aliphatic heterocycles. The Bertz CT molecular complexity index is 379. The van der Waals surface area contributed by atoms with Crippen LogP contribution in [0.2, 0.25) is 5.02 Å². The molecule has 1 nitrogen and oxygen atoms in total. The quantitative estimate of drug-likeness (QED) is 0.607. The van der Waals surface area contributed by atoms with Crippen LogP contribution in [0.3, 0.4) is 0 Å². The molecule has 1 aromatic carbocycles. The second-order valence-corrected chi connectivity index (χ2v) is 3.85. The fourth-order valence-electron chi connectivity index (χ4n) is 1.56. The van der Waals surface area contributed by atoms with E-state index in [1.807, 2.05) is 6.92 Å². The number of hydrogen-bond donors (Lipinski definition) is 0. The summed E-state index contributed by atoms with van der Waals surface area (Å²) in [5.74, 6) is -1.98. The Morgan fingerprint density at radius 3 is 2.86 bits per heavy atom. The van der Waals surface area contributed by atoms with E-state index in [0.717, 1.165) is 6.42 Å². The van der Waals surface area contributed by atoms with Gasteiger partial charge in [-0.1, -0.05) is 11.6 Å². The van der Waals surface area contributed by atoms with Crippen LogP contribution in [0.5, 0.6) is 5.75 Å². The molecule has 14 heavy (non-hydrogen) atoms. The Hall–Kier alpha value is -0.830. The lowest BCUT2D eigenvalue weighted by atomic mass is 10.0. The van der Waals surface area contributed by atoms with E-state index in [4.69, 9.17) is 16.3 Å². The van der Waals surface area contributed by atoms with Crippen LogP contribution < -0.4 is 4.74 Å². The number of fused-ring (bicyclic) bond motifs is 1. The van der Waals surface area contributed by atoms with E-state index in [1.165, 1.54) is 6.07 Å². The smallest absolute Gasteiger partial charge is 0.202 e. The Kier molecular flexibility index (Phi) is 2.35. The minimum Gasteiger partial charge on any atom is -0.487 e. The maximum atomic E-state index is 13.3. The molecule has 1 unspecified atom stereocenters. The molecule has 0 aromatic heterocycles. The van der Waals surface area contributed by atoms with Crippen molar-refractivity contribution in [2.45, 2.75) is 25.9 Å². The molecule has 1 heterocycles. The molecular weight excluding hydrogens is 210 g/mol. The van der Waals surface area contributed by atoms with Gasteiger partial charge in [-0.3, -0.25) is 0 Å². The number of ether oxygens (including phenoxy) is 1. The first-order valence-corrected chi connectivity index (χ1v) is 4.80. The summed E-state index contributed by atoms with van der Waals surface area (Å²) in [5.41, 5.74) is 0.645. The van der Waals surface area contributed by atoms with Gasteiger partial charge in [-0.15, -0.1) is 0 Å². The third-order valence-corrected chi connectivity index (χ3v) is 2.61. The molecule has 0 saturated carbocycles. The number of aryl methyl sites for hydroxylation is 1. The van der Waals surface area contributed by atoms with Crippen LogP contribution in [0.1, 0.15) is 18.9 Å². The predicted molar refractivity (Wildman–Crippen MR) is 49.8 cm³/mol. The summed E-state index contributed by atoms with van der Waals surface area (Å²) in [4.78, 5) is 0. The SMILES string of the molecule is CC1CCc2cc(Cl)c(F)c(F)c2O1. The normalized spacial score (nSPS) is 20.1. The second-order valence-electron chi connectivity index (χ2n) is 3.44. The largest absolute Gasteiger partial charge is 0.487 e. The molecule has 0 aliphatic carbocycles. The number of halogens is 3. The molecule has 0 spiro atoms. The summed E-state index contributed by atoms with van der Waals surface area (Å²) in [6, 6.07) is 1.43. The molecule has 0 N–H and O–H groups in total. The summed E-state index contributed by atoms with van der Waals surface area (Å²) in [6.07, 6.45) is 1.40.